The molecule has 0 aromatic carbocycles. The largest absolute Gasteiger partial charge is 0.496 e. The summed E-state index contributed by atoms with van der Waals surface area (Å²) in [5.41, 5.74) is 2.71. The first-order chi connectivity index (χ1) is 10.5. The third kappa shape index (κ3) is 3.58. The zero-order valence-electron chi connectivity index (χ0n) is 13.3. The highest BCUT2D eigenvalue weighted by molar-refractivity contribution is 5.73. The maximum Gasteiger partial charge on any atom is 0.317 e. The van der Waals surface area contributed by atoms with Crippen molar-refractivity contribution in [1.29, 1.82) is 0 Å². The van der Waals surface area contributed by atoms with E-state index in [0.29, 0.717) is 13.1 Å². The van der Waals surface area contributed by atoms with Gasteiger partial charge in [-0.3, -0.25) is 4.98 Å². The molecule has 0 aliphatic carbocycles. The Kier molecular flexibility index (Phi) is 5.04. The number of pyridine rings is 1. The van der Waals surface area contributed by atoms with Gasteiger partial charge in [-0.2, -0.15) is 0 Å². The Balaban J connectivity index is 1.96. The van der Waals surface area contributed by atoms with E-state index in [1.165, 1.54) is 0 Å². The highest BCUT2D eigenvalue weighted by Gasteiger charge is 2.13. The van der Waals surface area contributed by atoms with Crippen LogP contribution in [0, 0.1) is 13.8 Å². The van der Waals surface area contributed by atoms with Gasteiger partial charge in [0.15, 0.2) is 0 Å². The molecule has 0 spiro atoms. The van der Waals surface area contributed by atoms with Crippen molar-refractivity contribution < 1.29 is 13.9 Å². The molecule has 118 valence electrons. The predicted octanol–water partition coefficient (Wildman–Crippen LogP) is 2.64. The van der Waals surface area contributed by atoms with Gasteiger partial charge in [0.05, 0.1) is 32.2 Å². The second kappa shape index (κ2) is 6.98. The van der Waals surface area contributed by atoms with Gasteiger partial charge in [0, 0.05) is 24.4 Å². The van der Waals surface area contributed by atoms with Gasteiger partial charge < -0.3 is 19.4 Å². The lowest BCUT2D eigenvalue weighted by molar-refractivity contribution is 0.202. The van der Waals surface area contributed by atoms with Crippen LogP contribution in [0.15, 0.2) is 29.0 Å². The second-order valence-electron chi connectivity index (χ2n) is 5.14. The van der Waals surface area contributed by atoms with Gasteiger partial charge in [0.1, 0.15) is 11.5 Å². The van der Waals surface area contributed by atoms with E-state index in [4.69, 9.17) is 9.15 Å². The highest BCUT2D eigenvalue weighted by Crippen LogP contribution is 2.23. The van der Waals surface area contributed by atoms with Crippen LogP contribution in [0.25, 0.3) is 0 Å². The van der Waals surface area contributed by atoms with E-state index in [9.17, 15) is 4.79 Å². The summed E-state index contributed by atoms with van der Waals surface area (Å²) in [5.74, 6) is 1.55. The van der Waals surface area contributed by atoms with Gasteiger partial charge in [0.25, 0.3) is 0 Å². The van der Waals surface area contributed by atoms with E-state index in [2.05, 4.69) is 10.3 Å². The Morgan fingerprint density at radius 1 is 1.45 bits per heavy atom. The Hall–Kier alpha value is -2.50. The standard InChI is InChI=1S/C16H21N3O3/c1-11-8-17-14(12(2)15(11)21-4)9-18-16(20)19(3)10-13-6-5-7-22-13/h5-8H,9-10H2,1-4H3,(H,18,20). The quantitative estimate of drug-likeness (QED) is 0.922. The van der Waals surface area contributed by atoms with Crippen molar-refractivity contribution in [2.45, 2.75) is 26.9 Å². The van der Waals surface area contributed by atoms with E-state index in [-0.39, 0.29) is 6.03 Å². The minimum absolute atomic E-state index is 0.183. The first kappa shape index (κ1) is 15.9. The molecule has 22 heavy (non-hydrogen) atoms. The second-order valence-corrected chi connectivity index (χ2v) is 5.14. The van der Waals surface area contributed by atoms with Crippen molar-refractivity contribution in [2.24, 2.45) is 0 Å². The zero-order chi connectivity index (χ0) is 16.1. The van der Waals surface area contributed by atoms with Crippen molar-refractivity contribution in [3.05, 3.63) is 47.2 Å². The molecule has 0 aliphatic rings. The number of aryl methyl sites for hydroxylation is 1. The van der Waals surface area contributed by atoms with Crippen LogP contribution < -0.4 is 10.1 Å². The summed E-state index contributed by atoms with van der Waals surface area (Å²) in [5, 5.41) is 2.85. The molecule has 0 bridgehead atoms. The Bertz CT molecular complexity index is 638. The van der Waals surface area contributed by atoms with Crippen molar-refractivity contribution in [1.82, 2.24) is 15.2 Å². The molecule has 1 N–H and O–H groups in total. The number of methoxy groups -OCH3 is 1. The lowest BCUT2D eigenvalue weighted by Crippen LogP contribution is -2.36. The summed E-state index contributed by atoms with van der Waals surface area (Å²) in [6.45, 7) is 4.65. The van der Waals surface area contributed by atoms with Crippen LogP contribution in [0.2, 0.25) is 0 Å². The van der Waals surface area contributed by atoms with Crippen molar-refractivity contribution >= 4 is 6.03 Å². The minimum Gasteiger partial charge on any atom is -0.496 e. The van der Waals surface area contributed by atoms with Gasteiger partial charge in [-0.15, -0.1) is 0 Å². The molecule has 0 aliphatic heterocycles. The zero-order valence-corrected chi connectivity index (χ0v) is 13.3. The fraction of sp³-hybridized carbons (Fsp3) is 0.375. The number of amides is 2. The number of carbonyl (C=O) groups is 1. The van der Waals surface area contributed by atoms with E-state index in [1.54, 1.807) is 37.6 Å². The average molecular weight is 303 g/mol. The van der Waals surface area contributed by atoms with Crippen molar-refractivity contribution in [2.75, 3.05) is 14.2 Å². The van der Waals surface area contributed by atoms with Crippen molar-refractivity contribution in [3.8, 4) is 5.75 Å². The molecule has 0 unspecified atom stereocenters. The molecule has 0 atom stereocenters. The van der Waals surface area contributed by atoms with Crippen LogP contribution in [-0.4, -0.2) is 30.1 Å². The molecule has 2 rings (SSSR count). The van der Waals surface area contributed by atoms with Crippen LogP contribution in [0.1, 0.15) is 22.6 Å². The molecule has 0 saturated heterocycles. The number of carbonyl (C=O) groups excluding carboxylic acids is 1. The van der Waals surface area contributed by atoms with Crippen LogP contribution in [0.5, 0.6) is 5.75 Å². The lowest BCUT2D eigenvalue weighted by atomic mass is 10.1. The Morgan fingerprint density at radius 3 is 2.86 bits per heavy atom. The Labute approximate surface area is 130 Å². The van der Waals surface area contributed by atoms with E-state index in [1.807, 2.05) is 19.9 Å². The summed E-state index contributed by atoms with van der Waals surface area (Å²) in [7, 11) is 3.35. The van der Waals surface area contributed by atoms with Crippen LogP contribution >= 0.6 is 0 Å². The molecule has 0 saturated carbocycles. The summed E-state index contributed by atoms with van der Waals surface area (Å²) in [4.78, 5) is 18.0. The summed E-state index contributed by atoms with van der Waals surface area (Å²) in [6.07, 6.45) is 3.34. The maximum absolute atomic E-state index is 12.1. The van der Waals surface area contributed by atoms with Crippen molar-refractivity contribution in [3.63, 3.8) is 0 Å². The molecular formula is C16H21N3O3. The van der Waals surface area contributed by atoms with Gasteiger partial charge in [-0.1, -0.05) is 0 Å². The number of nitrogens with one attached hydrogen (secondary N) is 1. The number of aromatic nitrogens is 1. The van der Waals surface area contributed by atoms with E-state index < -0.39 is 0 Å². The first-order valence-corrected chi connectivity index (χ1v) is 7.03. The third-order valence-corrected chi connectivity index (χ3v) is 3.48. The third-order valence-electron chi connectivity index (χ3n) is 3.48. The molecule has 2 aromatic rings. The topological polar surface area (TPSA) is 67.6 Å². The molecule has 6 heteroatoms. The first-order valence-electron chi connectivity index (χ1n) is 7.03. The van der Waals surface area contributed by atoms with Crippen LogP contribution in [-0.2, 0) is 13.1 Å². The monoisotopic (exact) mass is 303 g/mol. The normalized spacial score (nSPS) is 10.4. The van der Waals surface area contributed by atoms with Crippen LogP contribution in [0.4, 0.5) is 4.79 Å². The van der Waals surface area contributed by atoms with Gasteiger partial charge >= 0.3 is 6.03 Å². The van der Waals surface area contributed by atoms with E-state index >= 15 is 0 Å². The fourth-order valence-corrected chi connectivity index (χ4v) is 2.25. The number of hydrogen-bond acceptors (Lipinski definition) is 4. The highest BCUT2D eigenvalue weighted by atomic mass is 16.5. The van der Waals surface area contributed by atoms with Gasteiger partial charge in [-0.05, 0) is 26.0 Å². The number of hydrogen-bond donors (Lipinski definition) is 1. The molecule has 0 radical (unpaired) electrons. The molecule has 0 fully saturated rings. The predicted molar refractivity (Wildman–Crippen MR) is 82.7 cm³/mol. The number of rotatable bonds is 5. The van der Waals surface area contributed by atoms with Gasteiger partial charge in [0.2, 0.25) is 0 Å². The van der Waals surface area contributed by atoms with E-state index in [0.717, 1.165) is 28.3 Å². The summed E-state index contributed by atoms with van der Waals surface area (Å²) >= 11 is 0. The summed E-state index contributed by atoms with van der Waals surface area (Å²) < 4.78 is 10.6. The number of furan rings is 1. The lowest BCUT2D eigenvalue weighted by Gasteiger charge is -2.17. The number of nitrogens with zero attached hydrogens (tertiary/aromatic N) is 2. The number of urea groups is 1. The smallest absolute Gasteiger partial charge is 0.317 e. The fourth-order valence-electron chi connectivity index (χ4n) is 2.25. The average Bonchev–Trinajstić information content (AvgIpc) is 2.99. The Morgan fingerprint density at radius 2 is 2.23 bits per heavy atom. The maximum atomic E-state index is 12.1. The van der Waals surface area contributed by atoms with Gasteiger partial charge in [-0.25, -0.2) is 4.79 Å². The molecule has 2 aromatic heterocycles. The summed E-state index contributed by atoms with van der Waals surface area (Å²) in [6, 6.07) is 3.45. The molecular weight excluding hydrogens is 282 g/mol. The molecule has 2 heterocycles. The molecule has 2 amide bonds. The number of ether oxygens (including phenoxy) is 1. The van der Waals surface area contributed by atoms with Crippen LogP contribution in [0.3, 0.4) is 0 Å². The molecule has 6 nitrogen and oxygen atoms in total. The minimum atomic E-state index is -0.183. The SMILES string of the molecule is COc1c(C)cnc(CNC(=O)N(C)Cc2ccco2)c1C.